The van der Waals surface area contributed by atoms with Gasteiger partial charge in [0.25, 0.3) is 0 Å². The zero-order chi connectivity index (χ0) is 14.8. The van der Waals surface area contributed by atoms with Crippen molar-refractivity contribution in [2.45, 2.75) is 38.1 Å². The Bertz CT molecular complexity index is 602. The summed E-state index contributed by atoms with van der Waals surface area (Å²) in [5.74, 6) is 0.484. The first-order valence-electron chi connectivity index (χ1n) is 7.61. The first kappa shape index (κ1) is 14.8. The normalized spacial score (nSPS) is 16.1. The van der Waals surface area contributed by atoms with Crippen molar-refractivity contribution in [3.05, 3.63) is 51.8 Å². The Labute approximate surface area is 134 Å². The average molecular weight is 348 g/mol. The Morgan fingerprint density at radius 1 is 1.33 bits per heavy atom. The van der Waals surface area contributed by atoms with Crippen LogP contribution in [-0.2, 0) is 13.5 Å². The average Bonchev–Trinajstić information content (AvgIpc) is 3.28. The van der Waals surface area contributed by atoms with Gasteiger partial charge in [0.05, 0.1) is 15.9 Å². The van der Waals surface area contributed by atoms with E-state index in [0.717, 1.165) is 29.2 Å². The molecule has 1 aliphatic rings. The highest BCUT2D eigenvalue weighted by Gasteiger charge is 2.24. The molecule has 1 aromatic heterocycles. The maximum atomic E-state index is 4.51. The quantitative estimate of drug-likeness (QED) is 0.865. The van der Waals surface area contributed by atoms with Crippen LogP contribution < -0.4 is 5.32 Å². The van der Waals surface area contributed by atoms with Crippen LogP contribution in [0.3, 0.4) is 0 Å². The second kappa shape index (κ2) is 6.32. The standard InChI is InChI=1S/C17H22BrN3/c1-12-17(18)16(21(2)20-12)10-14(11-19-15-8-9-15)13-6-4-3-5-7-13/h3-7,14-15,19H,8-11H2,1-2H3. The molecule has 1 N–H and O–H groups in total. The minimum atomic E-state index is 0.484. The lowest BCUT2D eigenvalue weighted by molar-refractivity contribution is 0.556. The van der Waals surface area contributed by atoms with E-state index in [0.29, 0.717) is 5.92 Å². The van der Waals surface area contributed by atoms with Crippen molar-refractivity contribution in [1.82, 2.24) is 15.1 Å². The molecule has 0 bridgehead atoms. The van der Waals surface area contributed by atoms with E-state index >= 15 is 0 Å². The summed E-state index contributed by atoms with van der Waals surface area (Å²) in [6.45, 7) is 3.08. The number of aryl methyl sites for hydroxylation is 2. The molecule has 1 fully saturated rings. The largest absolute Gasteiger partial charge is 0.313 e. The highest BCUT2D eigenvalue weighted by Crippen LogP contribution is 2.28. The minimum absolute atomic E-state index is 0.484. The summed E-state index contributed by atoms with van der Waals surface area (Å²) in [7, 11) is 2.03. The Morgan fingerprint density at radius 2 is 2.05 bits per heavy atom. The monoisotopic (exact) mass is 347 g/mol. The SMILES string of the molecule is Cc1nn(C)c(CC(CNC2CC2)c2ccccc2)c1Br. The molecule has 0 amide bonds. The van der Waals surface area contributed by atoms with Gasteiger partial charge in [0, 0.05) is 25.6 Å². The van der Waals surface area contributed by atoms with E-state index in [1.54, 1.807) is 0 Å². The number of nitrogens with one attached hydrogen (secondary N) is 1. The van der Waals surface area contributed by atoms with E-state index in [-0.39, 0.29) is 0 Å². The van der Waals surface area contributed by atoms with Crippen LogP contribution in [-0.4, -0.2) is 22.4 Å². The van der Waals surface area contributed by atoms with Crippen molar-refractivity contribution < 1.29 is 0 Å². The van der Waals surface area contributed by atoms with Gasteiger partial charge in [0.1, 0.15) is 0 Å². The van der Waals surface area contributed by atoms with Gasteiger partial charge in [-0.25, -0.2) is 0 Å². The highest BCUT2D eigenvalue weighted by molar-refractivity contribution is 9.10. The van der Waals surface area contributed by atoms with Gasteiger partial charge in [-0.3, -0.25) is 4.68 Å². The molecule has 1 aliphatic carbocycles. The summed E-state index contributed by atoms with van der Waals surface area (Å²) in [6, 6.07) is 11.5. The number of hydrogen-bond donors (Lipinski definition) is 1. The van der Waals surface area contributed by atoms with Crippen LogP contribution >= 0.6 is 15.9 Å². The van der Waals surface area contributed by atoms with Gasteiger partial charge >= 0.3 is 0 Å². The molecule has 1 saturated carbocycles. The third-order valence-electron chi connectivity index (χ3n) is 4.20. The molecule has 0 saturated heterocycles. The number of nitrogens with zero attached hydrogens (tertiary/aromatic N) is 2. The predicted molar refractivity (Wildman–Crippen MR) is 89.6 cm³/mol. The number of halogens is 1. The molecule has 0 aliphatic heterocycles. The molecule has 21 heavy (non-hydrogen) atoms. The first-order valence-corrected chi connectivity index (χ1v) is 8.40. The van der Waals surface area contributed by atoms with Crippen molar-refractivity contribution in [1.29, 1.82) is 0 Å². The molecule has 1 aromatic carbocycles. The summed E-state index contributed by atoms with van der Waals surface area (Å²) in [5, 5.41) is 8.19. The third-order valence-corrected chi connectivity index (χ3v) is 5.23. The van der Waals surface area contributed by atoms with E-state index in [4.69, 9.17) is 0 Å². The molecule has 4 heteroatoms. The zero-order valence-electron chi connectivity index (χ0n) is 12.6. The Balaban J connectivity index is 1.80. The highest BCUT2D eigenvalue weighted by atomic mass is 79.9. The van der Waals surface area contributed by atoms with E-state index in [2.05, 4.69) is 56.7 Å². The fourth-order valence-electron chi connectivity index (χ4n) is 2.76. The smallest absolute Gasteiger partial charge is 0.0738 e. The van der Waals surface area contributed by atoms with Crippen molar-refractivity contribution in [3.63, 3.8) is 0 Å². The molecule has 112 valence electrons. The second-order valence-electron chi connectivity index (χ2n) is 5.96. The van der Waals surface area contributed by atoms with Crippen LogP contribution in [0.25, 0.3) is 0 Å². The maximum Gasteiger partial charge on any atom is 0.0738 e. The first-order chi connectivity index (χ1) is 10.1. The molecule has 0 radical (unpaired) electrons. The van der Waals surface area contributed by atoms with Crippen LogP contribution in [0.5, 0.6) is 0 Å². The molecular weight excluding hydrogens is 326 g/mol. The van der Waals surface area contributed by atoms with Crippen LogP contribution in [0, 0.1) is 6.92 Å². The van der Waals surface area contributed by atoms with Crippen molar-refractivity contribution >= 4 is 15.9 Å². The van der Waals surface area contributed by atoms with Gasteiger partial charge in [-0.15, -0.1) is 0 Å². The van der Waals surface area contributed by atoms with E-state index in [9.17, 15) is 0 Å². The Morgan fingerprint density at radius 3 is 2.62 bits per heavy atom. The Kier molecular flexibility index (Phi) is 4.45. The lowest BCUT2D eigenvalue weighted by atomic mass is 9.94. The number of benzene rings is 1. The van der Waals surface area contributed by atoms with Crippen LogP contribution in [0.4, 0.5) is 0 Å². The topological polar surface area (TPSA) is 29.9 Å². The lowest BCUT2D eigenvalue weighted by Gasteiger charge is -2.18. The van der Waals surface area contributed by atoms with Crippen LogP contribution in [0.1, 0.15) is 35.7 Å². The van der Waals surface area contributed by atoms with Crippen LogP contribution in [0.2, 0.25) is 0 Å². The summed E-state index contributed by atoms with van der Waals surface area (Å²) in [5.41, 5.74) is 3.74. The maximum absolute atomic E-state index is 4.51. The summed E-state index contributed by atoms with van der Waals surface area (Å²) in [6.07, 6.45) is 3.66. The Hall–Kier alpha value is -1.13. The number of aromatic nitrogens is 2. The van der Waals surface area contributed by atoms with Gasteiger partial charge in [0.15, 0.2) is 0 Å². The number of rotatable bonds is 6. The third kappa shape index (κ3) is 3.55. The van der Waals surface area contributed by atoms with Crippen molar-refractivity contribution in [2.24, 2.45) is 7.05 Å². The van der Waals surface area contributed by atoms with Gasteiger partial charge in [0.2, 0.25) is 0 Å². The fraction of sp³-hybridized carbons (Fsp3) is 0.471. The molecule has 2 aromatic rings. The summed E-state index contributed by atoms with van der Waals surface area (Å²) >= 11 is 3.69. The van der Waals surface area contributed by atoms with Crippen LogP contribution in [0.15, 0.2) is 34.8 Å². The molecule has 1 atom stereocenters. The number of hydrogen-bond acceptors (Lipinski definition) is 2. The fourth-order valence-corrected chi connectivity index (χ4v) is 3.26. The molecular formula is C17H22BrN3. The molecule has 3 rings (SSSR count). The molecule has 1 unspecified atom stereocenters. The minimum Gasteiger partial charge on any atom is -0.313 e. The molecule has 1 heterocycles. The zero-order valence-corrected chi connectivity index (χ0v) is 14.2. The van der Waals surface area contributed by atoms with E-state index < -0.39 is 0 Å². The van der Waals surface area contributed by atoms with E-state index in [1.807, 2.05) is 18.7 Å². The van der Waals surface area contributed by atoms with Crippen molar-refractivity contribution in [2.75, 3.05) is 6.54 Å². The van der Waals surface area contributed by atoms with Crippen molar-refractivity contribution in [3.8, 4) is 0 Å². The van der Waals surface area contributed by atoms with Gasteiger partial charge in [-0.05, 0) is 47.7 Å². The molecule has 0 spiro atoms. The van der Waals surface area contributed by atoms with Gasteiger partial charge in [-0.1, -0.05) is 30.3 Å². The summed E-state index contributed by atoms with van der Waals surface area (Å²) in [4.78, 5) is 0. The van der Waals surface area contributed by atoms with Gasteiger partial charge < -0.3 is 5.32 Å². The van der Waals surface area contributed by atoms with Gasteiger partial charge in [-0.2, -0.15) is 5.10 Å². The lowest BCUT2D eigenvalue weighted by Crippen LogP contribution is -2.25. The second-order valence-corrected chi connectivity index (χ2v) is 6.76. The van der Waals surface area contributed by atoms with E-state index in [1.165, 1.54) is 24.1 Å². The summed E-state index contributed by atoms with van der Waals surface area (Å²) < 4.78 is 3.16. The predicted octanol–water partition coefficient (Wildman–Crippen LogP) is 3.57. The molecule has 3 nitrogen and oxygen atoms in total.